The van der Waals surface area contributed by atoms with Crippen LogP contribution in [0.3, 0.4) is 0 Å². The average molecular weight is 260 g/mol. The van der Waals surface area contributed by atoms with Crippen LogP contribution in [0.2, 0.25) is 0 Å². The molecule has 0 fully saturated rings. The maximum absolute atomic E-state index is 4.13. The van der Waals surface area contributed by atoms with Crippen LogP contribution in [0.15, 0.2) is 61.2 Å². The fourth-order valence-electron chi connectivity index (χ4n) is 3.12. The third kappa shape index (κ3) is 2.12. The highest BCUT2D eigenvalue weighted by molar-refractivity contribution is 5.69. The Kier molecular flexibility index (Phi) is 3.10. The fourth-order valence-corrected chi connectivity index (χ4v) is 3.12. The van der Waals surface area contributed by atoms with Crippen LogP contribution in [0.25, 0.3) is 11.6 Å². The van der Waals surface area contributed by atoms with Gasteiger partial charge in [0.2, 0.25) is 0 Å². The van der Waals surface area contributed by atoms with Crippen molar-refractivity contribution in [1.82, 2.24) is 0 Å². The second-order valence-corrected chi connectivity index (χ2v) is 5.95. The number of fused-ring (bicyclic) bond motifs is 1. The molecule has 2 aromatic carbocycles. The van der Waals surface area contributed by atoms with E-state index in [9.17, 15) is 0 Å². The first-order valence-corrected chi connectivity index (χ1v) is 7.13. The van der Waals surface area contributed by atoms with E-state index in [1.54, 1.807) is 0 Å². The quantitative estimate of drug-likeness (QED) is 0.692. The van der Waals surface area contributed by atoms with Crippen molar-refractivity contribution in [3.63, 3.8) is 0 Å². The molecule has 100 valence electrons. The van der Waals surface area contributed by atoms with Crippen LogP contribution in [0.5, 0.6) is 0 Å². The summed E-state index contributed by atoms with van der Waals surface area (Å²) < 4.78 is 0. The Morgan fingerprint density at radius 1 is 1.05 bits per heavy atom. The molecule has 0 spiro atoms. The molecular weight excluding hydrogens is 240 g/mol. The van der Waals surface area contributed by atoms with Gasteiger partial charge in [-0.15, -0.1) is 0 Å². The predicted octanol–water partition coefficient (Wildman–Crippen LogP) is 5.25. The zero-order valence-corrected chi connectivity index (χ0v) is 12.2. The molecule has 0 bridgehead atoms. The van der Waals surface area contributed by atoms with E-state index in [0.29, 0.717) is 0 Å². The molecule has 0 N–H and O–H groups in total. The van der Waals surface area contributed by atoms with Gasteiger partial charge in [0.1, 0.15) is 0 Å². The van der Waals surface area contributed by atoms with Crippen LogP contribution in [0.4, 0.5) is 0 Å². The van der Waals surface area contributed by atoms with Crippen LogP contribution in [0.1, 0.15) is 36.1 Å². The Morgan fingerprint density at radius 3 is 2.55 bits per heavy atom. The summed E-state index contributed by atoms with van der Waals surface area (Å²) in [5.41, 5.74) is 6.60. The lowest BCUT2D eigenvalue weighted by atomic mass is 9.71. The lowest BCUT2D eigenvalue weighted by molar-refractivity contribution is 0.585. The second kappa shape index (κ2) is 4.79. The Bertz CT molecular complexity index is 691. The number of rotatable bonds is 2. The monoisotopic (exact) mass is 260 g/mol. The van der Waals surface area contributed by atoms with Crippen molar-refractivity contribution in [3.8, 4) is 0 Å². The highest BCUT2D eigenvalue weighted by Crippen LogP contribution is 2.38. The predicted molar refractivity (Wildman–Crippen MR) is 87.7 cm³/mol. The summed E-state index contributed by atoms with van der Waals surface area (Å²) in [7, 11) is 0. The molecule has 0 aromatic heterocycles. The van der Waals surface area contributed by atoms with Crippen molar-refractivity contribution in [2.24, 2.45) is 0 Å². The largest absolute Gasteiger partial charge is 0.0955 e. The highest BCUT2D eigenvalue weighted by atomic mass is 14.3. The zero-order valence-electron chi connectivity index (χ0n) is 12.2. The molecule has 0 saturated heterocycles. The number of allylic oxidation sites excluding steroid dienone is 2. The van der Waals surface area contributed by atoms with Crippen molar-refractivity contribution in [1.29, 1.82) is 0 Å². The summed E-state index contributed by atoms with van der Waals surface area (Å²) >= 11 is 0. The van der Waals surface area contributed by atoms with Gasteiger partial charge in [0.25, 0.3) is 0 Å². The van der Waals surface area contributed by atoms with E-state index in [2.05, 4.69) is 81.1 Å². The molecule has 0 radical (unpaired) electrons. The molecule has 1 atom stereocenters. The van der Waals surface area contributed by atoms with Gasteiger partial charge in [0, 0.05) is 5.41 Å². The molecule has 0 saturated carbocycles. The summed E-state index contributed by atoms with van der Waals surface area (Å²) in [6.07, 6.45) is 5.65. The van der Waals surface area contributed by atoms with Gasteiger partial charge < -0.3 is 0 Å². The molecule has 1 unspecified atom stereocenters. The van der Waals surface area contributed by atoms with E-state index >= 15 is 0 Å². The molecule has 0 heterocycles. The molecule has 2 aromatic rings. The van der Waals surface area contributed by atoms with E-state index in [1.165, 1.54) is 22.3 Å². The van der Waals surface area contributed by atoms with Gasteiger partial charge in [-0.1, -0.05) is 79.8 Å². The Morgan fingerprint density at radius 2 is 1.75 bits per heavy atom. The number of hydrogen-bond donors (Lipinski definition) is 0. The molecule has 0 aliphatic heterocycles. The van der Waals surface area contributed by atoms with Crippen molar-refractivity contribution < 1.29 is 0 Å². The van der Waals surface area contributed by atoms with Crippen molar-refractivity contribution in [3.05, 3.63) is 83.4 Å². The molecule has 0 amide bonds. The molecule has 1 aliphatic carbocycles. The van der Waals surface area contributed by atoms with Crippen molar-refractivity contribution in [2.75, 3.05) is 0 Å². The van der Waals surface area contributed by atoms with Crippen molar-refractivity contribution in [2.45, 2.75) is 25.7 Å². The van der Waals surface area contributed by atoms with Gasteiger partial charge in [-0.05, 0) is 35.6 Å². The molecule has 0 nitrogen and oxygen atoms in total. The smallest absolute Gasteiger partial charge is 0.0153 e. The molecule has 0 heteroatoms. The molecule has 1 aliphatic rings. The zero-order chi connectivity index (χ0) is 14.2. The van der Waals surface area contributed by atoms with E-state index in [4.69, 9.17) is 0 Å². The van der Waals surface area contributed by atoms with E-state index in [-0.39, 0.29) is 5.41 Å². The molecule has 20 heavy (non-hydrogen) atoms. The van der Waals surface area contributed by atoms with E-state index in [1.807, 2.05) is 0 Å². The van der Waals surface area contributed by atoms with Gasteiger partial charge in [0.15, 0.2) is 0 Å². The minimum absolute atomic E-state index is 0.0455. The van der Waals surface area contributed by atoms with Gasteiger partial charge in [0.05, 0.1) is 0 Å². The summed E-state index contributed by atoms with van der Waals surface area (Å²) in [6, 6.07) is 17.3. The first-order chi connectivity index (χ1) is 9.60. The first-order valence-electron chi connectivity index (χ1n) is 7.13. The van der Waals surface area contributed by atoms with E-state index < -0.39 is 0 Å². The van der Waals surface area contributed by atoms with Gasteiger partial charge >= 0.3 is 0 Å². The summed E-state index contributed by atoms with van der Waals surface area (Å²) in [6.45, 7) is 8.54. The molecule has 3 rings (SSSR count). The number of hydrogen-bond acceptors (Lipinski definition) is 0. The lowest BCUT2D eigenvalue weighted by Crippen LogP contribution is -2.26. The van der Waals surface area contributed by atoms with Crippen LogP contribution < -0.4 is 0 Å². The van der Waals surface area contributed by atoms with Gasteiger partial charge in [-0.3, -0.25) is 0 Å². The Labute approximate surface area is 121 Å². The Hall–Kier alpha value is -2.08. The topological polar surface area (TPSA) is 0 Å². The lowest BCUT2D eigenvalue weighted by Gasteiger charge is -2.33. The minimum Gasteiger partial charge on any atom is -0.0955 e. The van der Waals surface area contributed by atoms with E-state index in [0.717, 1.165) is 12.0 Å². The van der Waals surface area contributed by atoms with Gasteiger partial charge in [-0.2, -0.15) is 0 Å². The number of benzene rings is 2. The standard InChI is InChI=1S/C20H20/c1-15(2)18-10-6-7-11-19(18)20(3)13-12-16-8-4-5-9-17(16)14-20/h4-13H,1,14H2,2-3H3. The SMILES string of the molecule is C=C(C)c1ccccc1C1(C)C=Cc2ccccc2C1. The summed E-state index contributed by atoms with van der Waals surface area (Å²) in [5, 5.41) is 0. The highest BCUT2D eigenvalue weighted by Gasteiger charge is 2.29. The van der Waals surface area contributed by atoms with Crippen molar-refractivity contribution >= 4 is 11.6 Å². The van der Waals surface area contributed by atoms with Gasteiger partial charge in [-0.25, -0.2) is 0 Å². The third-order valence-electron chi connectivity index (χ3n) is 4.25. The molecular formula is C20H20. The first kappa shape index (κ1) is 12.9. The maximum atomic E-state index is 4.13. The van der Waals surface area contributed by atoms with Crippen LogP contribution in [0, 0.1) is 0 Å². The van der Waals surface area contributed by atoms with Crippen LogP contribution >= 0.6 is 0 Å². The maximum Gasteiger partial charge on any atom is 0.0153 e. The summed E-state index contributed by atoms with van der Waals surface area (Å²) in [4.78, 5) is 0. The fraction of sp³-hybridized carbons (Fsp3) is 0.200. The average Bonchev–Trinajstić information content (AvgIpc) is 2.47. The Balaban J connectivity index is 2.10. The summed E-state index contributed by atoms with van der Waals surface area (Å²) in [5.74, 6) is 0. The second-order valence-electron chi connectivity index (χ2n) is 5.95. The van der Waals surface area contributed by atoms with Crippen LogP contribution in [-0.4, -0.2) is 0 Å². The third-order valence-corrected chi connectivity index (χ3v) is 4.25. The minimum atomic E-state index is 0.0455. The van der Waals surface area contributed by atoms with Crippen LogP contribution in [-0.2, 0) is 11.8 Å². The normalized spacial score (nSPS) is 20.5.